The van der Waals surface area contributed by atoms with Gasteiger partial charge in [0.2, 0.25) is 0 Å². The largest absolute Gasteiger partial charge is 0.493 e. The Kier molecular flexibility index (Phi) is 5.34. The lowest BCUT2D eigenvalue weighted by atomic mass is 9.48. The van der Waals surface area contributed by atoms with E-state index < -0.39 is 0 Å². The quantitative estimate of drug-likeness (QED) is 0.575. The molecule has 0 radical (unpaired) electrons. The second-order valence-corrected chi connectivity index (χ2v) is 10.8. The maximum Gasteiger partial charge on any atom is 0.161 e. The topological polar surface area (TPSA) is 30.5 Å². The van der Waals surface area contributed by atoms with Gasteiger partial charge in [-0.3, -0.25) is 0 Å². The van der Waals surface area contributed by atoms with Crippen molar-refractivity contribution in [2.75, 3.05) is 7.11 Å². The summed E-state index contributed by atoms with van der Waals surface area (Å²) in [5.74, 6) is 4.66. The van der Waals surface area contributed by atoms with Gasteiger partial charge in [-0.25, -0.2) is 0 Å². The van der Waals surface area contributed by atoms with Gasteiger partial charge in [-0.2, -0.15) is 0 Å². The van der Waals surface area contributed by atoms with Gasteiger partial charge in [-0.15, -0.1) is 11.3 Å². The molecule has 1 atom stereocenters. The number of benzene rings is 1. The lowest BCUT2D eigenvalue weighted by Gasteiger charge is -2.59. The summed E-state index contributed by atoms with van der Waals surface area (Å²) in [5, 5.41) is 5.97. The van der Waals surface area contributed by atoms with E-state index in [0.29, 0.717) is 18.1 Å². The molecule has 4 bridgehead atoms. The van der Waals surface area contributed by atoms with Gasteiger partial charge >= 0.3 is 0 Å². The van der Waals surface area contributed by atoms with Crippen LogP contribution in [0.15, 0.2) is 35.7 Å². The van der Waals surface area contributed by atoms with E-state index in [1.807, 2.05) is 0 Å². The van der Waals surface area contributed by atoms with Crippen LogP contribution in [0.5, 0.6) is 11.5 Å². The van der Waals surface area contributed by atoms with Crippen molar-refractivity contribution >= 4 is 11.3 Å². The second-order valence-electron chi connectivity index (χ2n) is 9.74. The molecule has 1 aromatic heterocycles. The van der Waals surface area contributed by atoms with Crippen molar-refractivity contribution in [2.24, 2.45) is 23.2 Å². The Morgan fingerprint density at radius 3 is 2.41 bits per heavy atom. The summed E-state index contributed by atoms with van der Waals surface area (Å²) in [6.07, 6.45) is 8.88. The summed E-state index contributed by atoms with van der Waals surface area (Å²) in [4.78, 5) is 1.22. The van der Waals surface area contributed by atoms with E-state index in [1.165, 1.54) is 49.0 Å². The molecule has 1 N–H and O–H groups in total. The zero-order valence-electron chi connectivity index (χ0n) is 17.7. The van der Waals surface area contributed by atoms with Gasteiger partial charge in [0.1, 0.15) is 6.61 Å². The normalized spacial score (nSPS) is 31.0. The molecule has 0 unspecified atom stereocenters. The smallest absolute Gasteiger partial charge is 0.161 e. The molecule has 156 valence electrons. The Labute approximate surface area is 178 Å². The van der Waals surface area contributed by atoms with Gasteiger partial charge in [-0.1, -0.05) is 12.1 Å². The van der Waals surface area contributed by atoms with E-state index in [1.54, 1.807) is 18.4 Å². The van der Waals surface area contributed by atoms with Crippen LogP contribution in [0.3, 0.4) is 0 Å². The summed E-state index contributed by atoms with van der Waals surface area (Å²) in [6.45, 7) is 3.92. The molecule has 3 nitrogen and oxygen atoms in total. The van der Waals surface area contributed by atoms with Crippen LogP contribution in [-0.2, 0) is 13.2 Å². The molecule has 2 aromatic rings. The summed E-state index contributed by atoms with van der Waals surface area (Å²) in [7, 11) is 1.72. The molecule has 4 aliphatic carbocycles. The van der Waals surface area contributed by atoms with Crippen molar-refractivity contribution in [1.29, 1.82) is 0 Å². The van der Waals surface area contributed by atoms with Gasteiger partial charge in [0, 0.05) is 17.5 Å². The van der Waals surface area contributed by atoms with Gasteiger partial charge < -0.3 is 14.8 Å². The number of hydrogen-bond acceptors (Lipinski definition) is 4. The first-order valence-electron chi connectivity index (χ1n) is 11.2. The molecule has 1 aromatic carbocycles. The third kappa shape index (κ3) is 3.94. The number of nitrogens with one attached hydrogen (secondary N) is 1. The minimum absolute atomic E-state index is 0.544. The van der Waals surface area contributed by atoms with Gasteiger partial charge in [0.15, 0.2) is 11.5 Å². The number of ether oxygens (including phenoxy) is 2. The summed E-state index contributed by atoms with van der Waals surface area (Å²) < 4.78 is 11.6. The number of thiophene rings is 1. The first-order valence-corrected chi connectivity index (χ1v) is 12.1. The van der Waals surface area contributed by atoms with Gasteiger partial charge in [-0.05, 0) is 97.8 Å². The molecular formula is C25H33NO2S. The van der Waals surface area contributed by atoms with Crippen LogP contribution in [0.2, 0.25) is 0 Å². The van der Waals surface area contributed by atoms with E-state index in [0.717, 1.165) is 35.8 Å². The lowest BCUT2D eigenvalue weighted by molar-refractivity contribution is -0.0706. The molecule has 0 aliphatic heterocycles. The van der Waals surface area contributed by atoms with Crippen molar-refractivity contribution in [3.8, 4) is 11.5 Å². The van der Waals surface area contributed by atoms with Crippen LogP contribution in [0.1, 0.15) is 55.9 Å². The minimum Gasteiger partial charge on any atom is -0.493 e. The molecule has 4 fully saturated rings. The molecule has 29 heavy (non-hydrogen) atoms. The van der Waals surface area contributed by atoms with Crippen molar-refractivity contribution in [1.82, 2.24) is 5.32 Å². The molecule has 0 saturated heterocycles. The third-order valence-corrected chi connectivity index (χ3v) is 8.64. The zero-order valence-corrected chi connectivity index (χ0v) is 18.5. The highest BCUT2D eigenvalue weighted by Crippen LogP contribution is 2.61. The van der Waals surface area contributed by atoms with Crippen molar-refractivity contribution in [3.63, 3.8) is 0 Å². The maximum atomic E-state index is 5.98. The molecule has 0 amide bonds. The minimum atomic E-state index is 0.544. The van der Waals surface area contributed by atoms with Crippen LogP contribution in [-0.4, -0.2) is 13.2 Å². The standard InChI is InChI=1S/C25H33NO2S/c1-17(25-12-19-8-20(13-25)10-21(9-19)14-25)26-15-18-5-6-23(24(11-18)27-2)28-16-22-4-3-7-29-22/h3-7,11,17,19-21,26H,8-10,12-16H2,1-2H3/t17-,19?,20?,21?,25?/m0/s1. The average molecular weight is 412 g/mol. The molecule has 0 spiro atoms. The molecular weight excluding hydrogens is 378 g/mol. The fraction of sp³-hybridized carbons (Fsp3) is 0.600. The highest BCUT2D eigenvalue weighted by Gasteiger charge is 2.52. The van der Waals surface area contributed by atoms with E-state index >= 15 is 0 Å². The van der Waals surface area contributed by atoms with Crippen molar-refractivity contribution < 1.29 is 9.47 Å². The summed E-state index contributed by atoms with van der Waals surface area (Å²) in [6, 6.07) is 11.1. The Morgan fingerprint density at radius 2 is 1.79 bits per heavy atom. The fourth-order valence-electron chi connectivity index (χ4n) is 6.68. The molecule has 6 rings (SSSR count). The van der Waals surface area contributed by atoms with Gasteiger partial charge in [0.05, 0.1) is 7.11 Å². The van der Waals surface area contributed by atoms with Crippen LogP contribution in [0.25, 0.3) is 0 Å². The first-order chi connectivity index (χ1) is 14.1. The van der Waals surface area contributed by atoms with E-state index in [9.17, 15) is 0 Å². The Morgan fingerprint density at radius 1 is 1.07 bits per heavy atom. The predicted molar refractivity (Wildman–Crippen MR) is 119 cm³/mol. The Hall–Kier alpha value is -1.52. The molecule has 4 aliphatic rings. The van der Waals surface area contributed by atoms with Crippen LogP contribution in [0, 0.1) is 23.2 Å². The Bertz CT molecular complexity index is 796. The average Bonchev–Trinajstić information content (AvgIpc) is 3.23. The molecule has 4 heteroatoms. The number of methoxy groups -OCH3 is 1. The summed E-state index contributed by atoms with van der Waals surface area (Å²) >= 11 is 1.72. The molecule has 4 saturated carbocycles. The SMILES string of the molecule is COc1cc(CN[C@@H](C)C23CC4CC(CC(C4)C2)C3)ccc1OCc1cccs1. The molecule has 1 heterocycles. The monoisotopic (exact) mass is 411 g/mol. The summed E-state index contributed by atoms with van der Waals surface area (Å²) in [5.41, 5.74) is 1.81. The van der Waals surface area contributed by atoms with Crippen LogP contribution < -0.4 is 14.8 Å². The fourth-order valence-corrected chi connectivity index (χ4v) is 7.30. The van der Waals surface area contributed by atoms with Crippen LogP contribution >= 0.6 is 11.3 Å². The number of hydrogen-bond donors (Lipinski definition) is 1. The second kappa shape index (κ2) is 7.96. The Balaban J connectivity index is 1.21. The maximum absolute atomic E-state index is 5.98. The third-order valence-electron chi connectivity index (χ3n) is 7.79. The predicted octanol–water partition coefficient (Wildman–Crippen LogP) is 6.03. The van der Waals surface area contributed by atoms with E-state index in [2.05, 4.69) is 48.0 Å². The van der Waals surface area contributed by atoms with E-state index in [-0.39, 0.29) is 0 Å². The van der Waals surface area contributed by atoms with Crippen molar-refractivity contribution in [3.05, 3.63) is 46.2 Å². The zero-order chi connectivity index (χ0) is 19.8. The first kappa shape index (κ1) is 19.4. The van der Waals surface area contributed by atoms with Crippen molar-refractivity contribution in [2.45, 2.75) is 64.6 Å². The highest BCUT2D eigenvalue weighted by atomic mass is 32.1. The van der Waals surface area contributed by atoms with Gasteiger partial charge in [0.25, 0.3) is 0 Å². The highest BCUT2D eigenvalue weighted by molar-refractivity contribution is 7.09. The van der Waals surface area contributed by atoms with Crippen LogP contribution in [0.4, 0.5) is 0 Å². The number of rotatable bonds is 8. The lowest BCUT2D eigenvalue weighted by Crippen LogP contribution is -2.54. The van der Waals surface area contributed by atoms with E-state index in [4.69, 9.17) is 9.47 Å².